The third-order valence-corrected chi connectivity index (χ3v) is 1.25. The van der Waals surface area contributed by atoms with Crippen LogP contribution in [0, 0.1) is 0 Å². The van der Waals surface area contributed by atoms with Crippen molar-refractivity contribution in [3.05, 3.63) is 0 Å². The minimum absolute atomic E-state index is 0.326. The van der Waals surface area contributed by atoms with Crippen LogP contribution in [0.5, 0.6) is 0 Å². The van der Waals surface area contributed by atoms with Gasteiger partial charge in [-0.15, -0.1) is 0 Å². The first-order valence-corrected chi connectivity index (χ1v) is 3.26. The number of hydrazine groups is 3. The van der Waals surface area contributed by atoms with Gasteiger partial charge in [0.25, 0.3) is 0 Å². The molecule has 0 aliphatic carbocycles. The van der Waals surface area contributed by atoms with E-state index in [1.54, 1.807) is 0 Å². The van der Waals surface area contributed by atoms with E-state index in [2.05, 4.69) is 37.2 Å². The Labute approximate surface area is 55.5 Å². The molecule has 4 heteroatoms. The van der Waals surface area contributed by atoms with Crippen LogP contribution in [0.2, 0.25) is 0 Å². The second-order valence-electron chi connectivity index (χ2n) is 2.57. The average molecular weight is 130 g/mol. The molecule has 9 heavy (non-hydrogen) atoms. The Kier molecular flexibility index (Phi) is 2.02. The van der Waals surface area contributed by atoms with Gasteiger partial charge in [0.2, 0.25) is 0 Å². The highest BCUT2D eigenvalue weighted by molar-refractivity contribution is 4.61. The molecular weight excluding hydrogens is 116 g/mol. The lowest BCUT2D eigenvalue weighted by molar-refractivity contribution is 0.121. The fourth-order valence-electron chi connectivity index (χ4n) is 0.718. The van der Waals surface area contributed by atoms with Crippen molar-refractivity contribution in [3.8, 4) is 0 Å². The maximum absolute atomic E-state index is 3.16. The molecule has 0 amide bonds. The van der Waals surface area contributed by atoms with Gasteiger partial charge in [-0.05, 0) is 20.8 Å². The topological polar surface area (TPSA) is 39.3 Å². The minimum atomic E-state index is 0.326. The second-order valence-corrected chi connectivity index (χ2v) is 2.57. The molecule has 0 bridgehead atoms. The first kappa shape index (κ1) is 6.95. The maximum Gasteiger partial charge on any atom is 0.0833 e. The number of rotatable bonds is 1. The van der Waals surface area contributed by atoms with E-state index in [1.807, 2.05) is 5.12 Å². The minimum Gasteiger partial charge on any atom is -0.225 e. The molecule has 0 aromatic rings. The molecule has 3 N–H and O–H groups in total. The molecule has 1 heterocycles. The predicted octanol–water partition coefficient (Wildman–Crippen LogP) is -0.430. The summed E-state index contributed by atoms with van der Waals surface area (Å²) in [5.74, 6) is 0. The zero-order chi connectivity index (χ0) is 6.85. The molecule has 1 aliphatic heterocycles. The molecule has 0 saturated carbocycles. The monoisotopic (exact) mass is 130 g/mol. The zero-order valence-corrected chi connectivity index (χ0v) is 6.10. The fraction of sp³-hybridized carbons (Fsp3) is 1.00. The van der Waals surface area contributed by atoms with Crippen LogP contribution < -0.4 is 16.4 Å². The van der Waals surface area contributed by atoms with Gasteiger partial charge in [0.1, 0.15) is 0 Å². The Hall–Kier alpha value is -0.160. The number of nitrogens with one attached hydrogen (secondary N) is 3. The van der Waals surface area contributed by atoms with Crippen LogP contribution in [-0.4, -0.2) is 17.3 Å². The second kappa shape index (κ2) is 2.62. The third kappa shape index (κ3) is 1.62. The first-order valence-electron chi connectivity index (χ1n) is 3.26. The van der Waals surface area contributed by atoms with Crippen LogP contribution in [0.4, 0.5) is 0 Å². The third-order valence-electron chi connectivity index (χ3n) is 1.25. The molecule has 1 saturated heterocycles. The molecule has 1 aliphatic rings. The van der Waals surface area contributed by atoms with E-state index in [4.69, 9.17) is 0 Å². The summed E-state index contributed by atoms with van der Waals surface area (Å²) in [6, 6.07) is 0.474. The summed E-state index contributed by atoms with van der Waals surface area (Å²) in [5, 5.41) is 1.94. The summed E-state index contributed by atoms with van der Waals surface area (Å²) in [4.78, 5) is 0. The van der Waals surface area contributed by atoms with Crippen molar-refractivity contribution >= 4 is 0 Å². The van der Waals surface area contributed by atoms with Crippen LogP contribution in [0.3, 0.4) is 0 Å². The van der Waals surface area contributed by atoms with Gasteiger partial charge < -0.3 is 0 Å². The maximum atomic E-state index is 3.16. The summed E-state index contributed by atoms with van der Waals surface area (Å²) < 4.78 is 0. The van der Waals surface area contributed by atoms with Crippen molar-refractivity contribution < 1.29 is 0 Å². The molecule has 1 fully saturated rings. The summed E-state index contributed by atoms with van der Waals surface area (Å²) in [6.07, 6.45) is 0.326. The molecule has 1 atom stereocenters. The summed E-state index contributed by atoms with van der Waals surface area (Å²) in [6.45, 7) is 6.27. The lowest BCUT2D eigenvalue weighted by Crippen LogP contribution is -2.45. The Morgan fingerprint density at radius 3 is 2.33 bits per heavy atom. The van der Waals surface area contributed by atoms with Gasteiger partial charge in [0.15, 0.2) is 0 Å². The van der Waals surface area contributed by atoms with Crippen molar-refractivity contribution in [3.63, 3.8) is 0 Å². The van der Waals surface area contributed by atoms with E-state index >= 15 is 0 Å². The van der Waals surface area contributed by atoms with Crippen molar-refractivity contribution in [2.45, 2.75) is 33.0 Å². The molecule has 54 valence electrons. The van der Waals surface area contributed by atoms with E-state index < -0.39 is 0 Å². The Balaban J connectivity index is 2.30. The Bertz CT molecular complexity index is 93.0. The smallest absolute Gasteiger partial charge is 0.0833 e. The largest absolute Gasteiger partial charge is 0.225 e. The predicted molar refractivity (Wildman–Crippen MR) is 35.8 cm³/mol. The van der Waals surface area contributed by atoms with Crippen molar-refractivity contribution in [2.75, 3.05) is 0 Å². The van der Waals surface area contributed by atoms with Gasteiger partial charge in [0.05, 0.1) is 6.17 Å². The van der Waals surface area contributed by atoms with Crippen molar-refractivity contribution in [2.24, 2.45) is 0 Å². The number of hydrogen-bond acceptors (Lipinski definition) is 4. The number of hydrogen-bond donors (Lipinski definition) is 3. The summed E-state index contributed by atoms with van der Waals surface area (Å²) >= 11 is 0. The van der Waals surface area contributed by atoms with Crippen LogP contribution >= 0.6 is 0 Å². The Morgan fingerprint density at radius 2 is 2.11 bits per heavy atom. The van der Waals surface area contributed by atoms with Gasteiger partial charge in [-0.3, -0.25) is 0 Å². The molecular formula is C5H14N4. The Morgan fingerprint density at radius 1 is 1.44 bits per heavy atom. The quantitative estimate of drug-likeness (QED) is 0.450. The van der Waals surface area contributed by atoms with Crippen molar-refractivity contribution in [1.29, 1.82) is 0 Å². The lowest BCUT2D eigenvalue weighted by Gasteiger charge is -2.18. The highest BCUT2D eigenvalue weighted by Crippen LogP contribution is 1.92. The van der Waals surface area contributed by atoms with Crippen LogP contribution in [-0.2, 0) is 0 Å². The molecule has 0 aromatic carbocycles. The van der Waals surface area contributed by atoms with E-state index in [-0.39, 0.29) is 0 Å². The average Bonchev–Trinajstić information content (AvgIpc) is 2.14. The van der Waals surface area contributed by atoms with Crippen LogP contribution in [0.25, 0.3) is 0 Å². The molecule has 4 nitrogen and oxygen atoms in total. The van der Waals surface area contributed by atoms with E-state index in [0.29, 0.717) is 12.2 Å². The van der Waals surface area contributed by atoms with Gasteiger partial charge in [-0.25, -0.2) is 10.9 Å². The highest BCUT2D eigenvalue weighted by atomic mass is 15.9. The molecule has 0 spiro atoms. The van der Waals surface area contributed by atoms with Gasteiger partial charge in [0, 0.05) is 6.04 Å². The number of nitrogens with zero attached hydrogens (tertiary/aromatic N) is 1. The van der Waals surface area contributed by atoms with Gasteiger partial charge >= 0.3 is 0 Å². The zero-order valence-electron chi connectivity index (χ0n) is 6.10. The summed E-state index contributed by atoms with van der Waals surface area (Å²) in [5.41, 5.74) is 9.16. The SMILES string of the molecule is CC1NNN(C(C)C)N1. The van der Waals surface area contributed by atoms with E-state index in [1.165, 1.54) is 0 Å². The van der Waals surface area contributed by atoms with E-state index in [9.17, 15) is 0 Å². The van der Waals surface area contributed by atoms with Gasteiger partial charge in [-0.1, -0.05) is 0 Å². The lowest BCUT2D eigenvalue weighted by atomic mass is 10.4. The normalized spacial score (nSPS) is 30.0. The van der Waals surface area contributed by atoms with Crippen LogP contribution in [0.15, 0.2) is 0 Å². The van der Waals surface area contributed by atoms with Crippen LogP contribution in [0.1, 0.15) is 20.8 Å². The molecule has 0 radical (unpaired) electrons. The first-order chi connectivity index (χ1) is 4.20. The fourth-order valence-corrected chi connectivity index (χ4v) is 0.718. The molecule has 0 aromatic heterocycles. The summed E-state index contributed by atoms with van der Waals surface area (Å²) in [7, 11) is 0. The molecule has 1 rings (SSSR count). The standard InChI is InChI=1S/C5H14N4/c1-4(2)9-7-5(3)6-8-9/h4-8H,1-3H3. The van der Waals surface area contributed by atoms with Crippen molar-refractivity contribution in [1.82, 2.24) is 21.5 Å². The van der Waals surface area contributed by atoms with E-state index in [0.717, 1.165) is 0 Å². The highest BCUT2D eigenvalue weighted by Gasteiger charge is 2.17. The van der Waals surface area contributed by atoms with Gasteiger partial charge in [-0.2, -0.15) is 10.7 Å². The molecule has 1 unspecified atom stereocenters.